The lowest BCUT2D eigenvalue weighted by molar-refractivity contribution is 0.435. The number of ether oxygens (including phenoxy) is 1. The molecule has 1 aliphatic carbocycles. The lowest BCUT2D eigenvalue weighted by Crippen LogP contribution is -2.34. The Morgan fingerprint density at radius 3 is 1.92 bits per heavy atom. The lowest BCUT2D eigenvalue weighted by Gasteiger charge is -2.40. The maximum absolute atomic E-state index is 9.99. The highest BCUT2D eigenvalue weighted by Crippen LogP contribution is 2.63. The molecule has 0 bridgehead atoms. The van der Waals surface area contributed by atoms with E-state index >= 15 is 0 Å². The minimum atomic E-state index is -1.05. The van der Waals surface area contributed by atoms with Gasteiger partial charge in [-0.1, -0.05) is 85.4 Å². The number of para-hydroxylation sites is 3. The Bertz CT molecular complexity index is 4690. The van der Waals surface area contributed by atoms with Gasteiger partial charge in [0.2, 0.25) is 0 Å². The van der Waals surface area contributed by atoms with Crippen molar-refractivity contribution in [3.8, 4) is 46.0 Å². The Morgan fingerprint density at radius 1 is 0.479 bits per heavy atom. The second-order valence-corrected chi connectivity index (χ2v) is 18.1. The Hall–Kier alpha value is -10.3. The van der Waals surface area contributed by atoms with Crippen molar-refractivity contribution in [3.63, 3.8) is 0 Å². The number of nitriles is 1. The molecule has 326 valence electrons. The minimum absolute atomic E-state index is 0.339. The van der Waals surface area contributed by atoms with E-state index in [4.69, 9.17) is 27.8 Å². The van der Waals surface area contributed by atoms with Crippen molar-refractivity contribution in [2.75, 3.05) is 0 Å². The molecular weight excluding hydrogens is 875 g/mol. The van der Waals surface area contributed by atoms with Crippen molar-refractivity contribution >= 4 is 76.9 Å². The van der Waals surface area contributed by atoms with Crippen LogP contribution in [0.25, 0.3) is 104 Å². The van der Waals surface area contributed by atoms with E-state index in [0.29, 0.717) is 28.6 Å². The predicted molar refractivity (Wildman–Crippen MR) is 277 cm³/mol. The number of aromatic nitrogens is 6. The fourth-order valence-electron chi connectivity index (χ4n) is 11.9. The molecule has 7 heterocycles. The summed E-state index contributed by atoms with van der Waals surface area (Å²) in [5.41, 5.74) is 13.8. The Morgan fingerprint density at radius 2 is 1.15 bits per heavy atom. The first-order chi connectivity index (χ1) is 35.1. The second-order valence-electron chi connectivity index (χ2n) is 18.1. The van der Waals surface area contributed by atoms with E-state index in [0.717, 1.165) is 116 Å². The molecule has 1 atom stereocenters. The fraction of sp³-hybridized carbons (Fsp3) is 0.0164. The zero-order valence-electron chi connectivity index (χ0n) is 37.3. The first-order valence-corrected chi connectivity index (χ1v) is 23.1. The summed E-state index contributed by atoms with van der Waals surface area (Å²) in [5.74, 6) is 1.68. The van der Waals surface area contributed by atoms with Gasteiger partial charge in [-0.2, -0.15) is 5.26 Å². The van der Waals surface area contributed by atoms with E-state index in [1.807, 2.05) is 85.2 Å². The summed E-state index contributed by atoms with van der Waals surface area (Å²) in [4.78, 5) is 22.6. The van der Waals surface area contributed by atoms with E-state index < -0.39 is 5.41 Å². The SMILES string of the molecule is [C-]#[N+]c1ccc2c(c1)c1ccccc1n2-c1cccc2c1C1(c3ccc(-n4c5ccccc5c5cc([N+]#[C-])ncc54)cc3O2)c2cccnc2-c2ncc(-n3c4ccccc4c4cc(C#N)ccc43)cc21. The number of hydrogen-bond donors (Lipinski definition) is 0. The molecule has 1 aliphatic heterocycles. The molecule has 0 saturated heterocycles. The standard InChI is InChI=1S/C61H31N9O/c1-63-36-21-25-52-43(28-36)40-12-5-8-17-50(40)70(52)53-18-9-19-55-58(53)61(45-23-22-37(30-56(45)71-55)68-48-15-6-4-13-41(48)44-31-57(64-2)66-34-54(44)68)46-14-10-26-65-59(46)60-47(61)29-38(33-67-60)69-49-16-7-3-11-39(49)42-27-35(32-62)20-24-51(42)69/h3-31,33-34H. The monoisotopic (exact) mass is 905 g/mol. The Balaban J connectivity index is 1.07. The highest BCUT2D eigenvalue weighted by molar-refractivity contribution is 6.12. The average molecular weight is 906 g/mol. The third kappa shape index (κ3) is 5.03. The zero-order chi connectivity index (χ0) is 47.1. The molecule has 1 spiro atoms. The summed E-state index contributed by atoms with van der Waals surface area (Å²) in [6.45, 7) is 15.7. The van der Waals surface area contributed by atoms with E-state index in [1.54, 1.807) is 6.20 Å². The molecule has 1 unspecified atom stereocenters. The number of hydrogen-bond acceptors (Lipinski definition) is 5. The highest BCUT2D eigenvalue weighted by Gasteiger charge is 2.54. The topological polar surface area (TPSA) is 95.2 Å². The Kier molecular flexibility index (Phi) is 7.69. The number of benzene rings is 7. The average Bonchev–Trinajstić information content (AvgIpc) is 4.14. The van der Waals surface area contributed by atoms with Gasteiger partial charge >= 0.3 is 0 Å². The van der Waals surface area contributed by atoms with Gasteiger partial charge in [0.1, 0.15) is 17.7 Å². The smallest absolute Gasteiger partial charge is 0.270 e. The summed E-state index contributed by atoms with van der Waals surface area (Å²) in [6, 6.07) is 60.1. The van der Waals surface area contributed by atoms with Gasteiger partial charge in [-0.25, -0.2) is 4.85 Å². The molecule has 13 aromatic rings. The van der Waals surface area contributed by atoms with Crippen molar-refractivity contribution in [2.45, 2.75) is 5.41 Å². The number of nitrogens with zero attached hydrogens (tertiary/aromatic N) is 9. The van der Waals surface area contributed by atoms with Crippen LogP contribution in [0.3, 0.4) is 0 Å². The van der Waals surface area contributed by atoms with Crippen LogP contribution in [-0.2, 0) is 5.41 Å². The third-order valence-corrected chi connectivity index (χ3v) is 14.7. The van der Waals surface area contributed by atoms with E-state index in [1.165, 1.54) is 0 Å². The summed E-state index contributed by atoms with van der Waals surface area (Å²) >= 11 is 0. The molecular formula is C61H31N9O. The molecule has 0 amide bonds. The molecule has 15 rings (SSSR count). The second kappa shape index (κ2) is 14.1. The van der Waals surface area contributed by atoms with Crippen molar-refractivity contribution in [2.24, 2.45) is 0 Å². The van der Waals surface area contributed by atoms with E-state index in [-0.39, 0.29) is 0 Å². The molecule has 0 radical (unpaired) electrons. The van der Waals surface area contributed by atoms with Gasteiger partial charge < -0.3 is 23.3 Å². The van der Waals surface area contributed by atoms with Gasteiger partial charge in [0.25, 0.3) is 5.82 Å². The van der Waals surface area contributed by atoms with E-state index in [9.17, 15) is 5.26 Å². The Labute approximate surface area is 404 Å². The summed E-state index contributed by atoms with van der Waals surface area (Å²) in [6.07, 6.45) is 5.57. The number of fused-ring (bicyclic) bond motifs is 18. The van der Waals surface area contributed by atoms with Crippen LogP contribution >= 0.6 is 0 Å². The molecule has 71 heavy (non-hydrogen) atoms. The van der Waals surface area contributed by atoms with Gasteiger partial charge in [0, 0.05) is 55.9 Å². The molecule has 10 nitrogen and oxygen atoms in total. The first-order valence-electron chi connectivity index (χ1n) is 23.1. The van der Waals surface area contributed by atoms with Gasteiger partial charge in [-0.3, -0.25) is 9.97 Å². The van der Waals surface area contributed by atoms with Crippen LogP contribution in [-0.4, -0.2) is 28.7 Å². The first kappa shape index (κ1) is 38.7. The molecule has 6 aromatic heterocycles. The summed E-state index contributed by atoms with van der Waals surface area (Å²) < 4.78 is 14.1. The summed E-state index contributed by atoms with van der Waals surface area (Å²) in [5, 5.41) is 16.0. The van der Waals surface area contributed by atoms with Crippen LogP contribution in [0.15, 0.2) is 188 Å². The minimum Gasteiger partial charge on any atom is -0.457 e. The molecule has 10 heteroatoms. The maximum atomic E-state index is 9.99. The summed E-state index contributed by atoms with van der Waals surface area (Å²) in [7, 11) is 0. The predicted octanol–water partition coefficient (Wildman–Crippen LogP) is 14.6. The molecule has 7 aromatic carbocycles. The maximum Gasteiger partial charge on any atom is 0.270 e. The van der Waals surface area contributed by atoms with E-state index in [2.05, 4.69) is 132 Å². The molecule has 0 fully saturated rings. The van der Waals surface area contributed by atoms with Gasteiger partial charge in [-0.15, -0.1) is 4.98 Å². The van der Waals surface area contributed by atoms with Gasteiger partial charge in [-0.05, 0) is 95.9 Å². The molecule has 0 saturated carbocycles. The van der Waals surface area contributed by atoms with Crippen LogP contribution in [0.5, 0.6) is 11.5 Å². The van der Waals surface area contributed by atoms with Crippen LogP contribution in [0.1, 0.15) is 27.8 Å². The number of pyridine rings is 3. The number of rotatable bonds is 3. The third-order valence-electron chi connectivity index (χ3n) is 14.7. The van der Waals surface area contributed by atoms with Gasteiger partial charge in [0.05, 0.1) is 91.4 Å². The zero-order valence-corrected chi connectivity index (χ0v) is 37.3. The fourth-order valence-corrected chi connectivity index (χ4v) is 11.9. The van der Waals surface area contributed by atoms with Crippen LogP contribution in [0.4, 0.5) is 11.5 Å². The van der Waals surface area contributed by atoms with Gasteiger partial charge in [0.15, 0.2) is 5.69 Å². The highest BCUT2D eigenvalue weighted by atomic mass is 16.5. The quantitative estimate of drug-likeness (QED) is 0.165. The van der Waals surface area contributed by atoms with Crippen LogP contribution < -0.4 is 4.74 Å². The van der Waals surface area contributed by atoms with Crippen molar-refractivity contribution in [1.82, 2.24) is 28.7 Å². The largest absolute Gasteiger partial charge is 0.457 e. The van der Waals surface area contributed by atoms with Crippen molar-refractivity contribution in [1.29, 1.82) is 5.26 Å². The lowest BCUT2D eigenvalue weighted by atomic mass is 9.65. The van der Waals surface area contributed by atoms with Crippen molar-refractivity contribution in [3.05, 3.63) is 239 Å². The molecule has 0 N–H and O–H groups in total. The van der Waals surface area contributed by atoms with Crippen LogP contribution in [0, 0.1) is 24.5 Å². The van der Waals surface area contributed by atoms with Crippen LogP contribution in [0.2, 0.25) is 0 Å². The van der Waals surface area contributed by atoms with Crippen molar-refractivity contribution < 1.29 is 4.74 Å². The molecule has 2 aliphatic rings. The normalized spacial score (nSPS) is 14.3.